The number of anilines is 3. The predicted molar refractivity (Wildman–Crippen MR) is 61.3 cm³/mol. The first-order valence-electron chi connectivity index (χ1n) is 4.65. The lowest BCUT2D eigenvalue weighted by Gasteiger charge is -2.06. The largest absolute Gasteiger partial charge is 0.472 e. The quantitative estimate of drug-likeness (QED) is 0.667. The van der Waals surface area contributed by atoms with Crippen LogP contribution in [0.4, 0.5) is 17.1 Å². The minimum Gasteiger partial charge on any atom is -0.472 e. The van der Waals surface area contributed by atoms with E-state index in [1.54, 1.807) is 18.6 Å². The van der Waals surface area contributed by atoms with Crippen molar-refractivity contribution in [3.63, 3.8) is 0 Å². The number of nitrogen functional groups attached to an aromatic ring is 2. The molecule has 1 aromatic carbocycles. The summed E-state index contributed by atoms with van der Waals surface area (Å²) in [4.78, 5) is 0. The van der Waals surface area contributed by atoms with Gasteiger partial charge in [-0.25, -0.2) is 0 Å². The molecular formula is C11H13N3O. The van der Waals surface area contributed by atoms with Crippen LogP contribution in [0.25, 0.3) is 0 Å². The molecule has 0 bridgehead atoms. The summed E-state index contributed by atoms with van der Waals surface area (Å²) in [5, 5.41) is 3.22. The Labute approximate surface area is 87.9 Å². The first-order valence-corrected chi connectivity index (χ1v) is 4.65. The molecule has 0 aliphatic heterocycles. The Hall–Kier alpha value is -2.10. The van der Waals surface area contributed by atoms with E-state index in [1.807, 2.05) is 18.2 Å². The molecule has 4 heteroatoms. The van der Waals surface area contributed by atoms with Crippen LogP contribution in [0.15, 0.2) is 41.2 Å². The van der Waals surface area contributed by atoms with Gasteiger partial charge < -0.3 is 21.2 Å². The maximum Gasteiger partial charge on any atom is 0.0952 e. The summed E-state index contributed by atoms with van der Waals surface area (Å²) < 4.78 is 4.96. The smallest absolute Gasteiger partial charge is 0.0952 e. The third-order valence-electron chi connectivity index (χ3n) is 2.16. The summed E-state index contributed by atoms with van der Waals surface area (Å²) in [6.45, 7) is 0.708. The molecule has 0 unspecified atom stereocenters. The van der Waals surface area contributed by atoms with Crippen LogP contribution < -0.4 is 16.8 Å². The van der Waals surface area contributed by atoms with Gasteiger partial charge in [0.15, 0.2) is 0 Å². The van der Waals surface area contributed by atoms with E-state index in [4.69, 9.17) is 15.9 Å². The second-order valence-corrected chi connectivity index (χ2v) is 3.33. The maximum atomic E-state index is 5.69. The number of rotatable bonds is 3. The Morgan fingerprint density at radius 1 is 1.13 bits per heavy atom. The minimum absolute atomic E-state index is 0.590. The normalized spacial score (nSPS) is 10.1. The second kappa shape index (κ2) is 3.96. The van der Waals surface area contributed by atoms with Crippen molar-refractivity contribution in [2.45, 2.75) is 6.54 Å². The number of nitrogens with two attached hydrogens (primary N) is 2. The van der Waals surface area contributed by atoms with Gasteiger partial charge in [0.2, 0.25) is 0 Å². The van der Waals surface area contributed by atoms with Gasteiger partial charge in [-0.15, -0.1) is 0 Å². The van der Waals surface area contributed by atoms with Gasteiger partial charge in [-0.3, -0.25) is 0 Å². The zero-order valence-corrected chi connectivity index (χ0v) is 8.23. The van der Waals surface area contributed by atoms with Gasteiger partial charge in [0.1, 0.15) is 0 Å². The molecule has 2 rings (SSSR count). The van der Waals surface area contributed by atoms with Crippen LogP contribution in [0.3, 0.4) is 0 Å². The van der Waals surface area contributed by atoms with Crippen LogP contribution in [0.1, 0.15) is 5.56 Å². The molecular weight excluding hydrogens is 190 g/mol. The molecule has 0 aliphatic carbocycles. The molecule has 1 heterocycles. The third kappa shape index (κ3) is 2.22. The van der Waals surface area contributed by atoms with Crippen LogP contribution in [-0.2, 0) is 6.54 Å². The highest BCUT2D eigenvalue weighted by atomic mass is 16.3. The average molecular weight is 203 g/mol. The van der Waals surface area contributed by atoms with E-state index in [1.165, 1.54) is 0 Å². The monoisotopic (exact) mass is 203 g/mol. The second-order valence-electron chi connectivity index (χ2n) is 3.33. The maximum absolute atomic E-state index is 5.69. The van der Waals surface area contributed by atoms with Crippen molar-refractivity contribution in [3.05, 3.63) is 42.4 Å². The van der Waals surface area contributed by atoms with E-state index in [2.05, 4.69) is 5.32 Å². The van der Waals surface area contributed by atoms with Crippen LogP contribution >= 0.6 is 0 Å². The Morgan fingerprint density at radius 2 is 2.00 bits per heavy atom. The van der Waals surface area contributed by atoms with Crippen LogP contribution in [0.2, 0.25) is 0 Å². The molecule has 15 heavy (non-hydrogen) atoms. The summed E-state index contributed by atoms with van der Waals surface area (Å²) in [6.07, 6.45) is 3.35. The lowest BCUT2D eigenvalue weighted by atomic mass is 10.2. The Kier molecular flexibility index (Phi) is 2.49. The van der Waals surface area contributed by atoms with Crippen molar-refractivity contribution in [1.82, 2.24) is 0 Å². The summed E-state index contributed by atoms with van der Waals surface area (Å²) in [5.41, 5.74) is 14.5. The molecule has 0 spiro atoms. The molecule has 0 radical (unpaired) electrons. The Bertz CT molecular complexity index is 437. The van der Waals surface area contributed by atoms with Crippen molar-refractivity contribution < 1.29 is 4.42 Å². The standard InChI is InChI=1S/C11H13N3O/c12-10-2-1-9(5-11(10)13)14-6-8-3-4-15-7-8/h1-5,7,14H,6,12-13H2. The highest BCUT2D eigenvalue weighted by molar-refractivity contribution is 5.69. The lowest BCUT2D eigenvalue weighted by molar-refractivity contribution is 0.564. The average Bonchev–Trinajstić information content (AvgIpc) is 2.73. The Morgan fingerprint density at radius 3 is 2.67 bits per heavy atom. The predicted octanol–water partition coefficient (Wildman–Crippen LogP) is 2.06. The molecule has 0 aliphatic rings. The van der Waals surface area contributed by atoms with Gasteiger partial charge in [-0.1, -0.05) is 0 Å². The molecule has 0 fully saturated rings. The van der Waals surface area contributed by atoms with Crippen molar-refractivity contribution >= 4 is 17.1 Å². The number of nitrogens with one attached hydrogen (secondary N) is 1. The van der Waals surface area contributed by atoms with Crippen molar-refractivity contribution in [2.75, 3.05) is 16.8 Å². The van der Waals surface area contributed by atoms with Crippen LogP contribution in [0, 0.1) is 0 Å². The van der Waals surface area contributed by atoms with Gasteiger partial charge in [0.05, 0.1) is 23.9 Å². The van der Waals surface area contributed by atoms with E-state index in [9.17, 15) is 0 Å². The van der Waals surface area contributed by atoms with E-state index in [0.29, 0.717) is 17.9 Å². The molecule has 2 aromatic rings. The van der Waals surface area contributed by atoms with E-state index < -0.39 is 0 Å². The van der Waals surface area contributed by atoms with Gasteiger partial charge in [0.25, 0.3) is 0 Å². The lowest BCUT2D eigenvalue weighted by Crippen LogP contribution is -2.00. The van der Waals surface area contributed by atoms with E-state index >= 15 is 0 Å². The summed E-state index contributed by atoms with van der Waals surface area (Å²) in [7, 11) is 0. The van der Waals surface area contributed by atoms with Crippen molar-refractivity contribution in [3.8, 4) is 0 Å². The summed E-state index contributed by atoms with van der Waals surface area (Å²) in [6, 6.07) is 7.40. The summed E-state index contributed by atoms with van der Waals surface area (Å²) >= 11 is 0. The first-order chi connectivity index (χ1) is 7.25. The van der Waals surface area contributed by atoms with E-state index in [-0.39, 0.29) is 0 Å². The van der Waals surface area contributed by atoms with E-state index in [0.717, 1.165) is 11.3 Å². The highest BCUT2D eigenvalue weighted by Gasteiger charge is 1.98. The van der Waals surface area contributed by atoms with Crippen molar-refractivity contribution in [2.24, 2.45) is 0 Å². The van der Waals surface area contributed by atoms with Crippen molar-refractivity contribution in [1.29, 1.82) is 0 Å². The zero-order chi connectivity index (χ0) is 10.7. The van der Waals surface area contributed by atoms with Gasteiger partial charge >= 0.3 is 0 Å². The SMILES string of the molecule is Nc1ccc(NCc2ccoc2)cc1N. The van der Waals surface area contributed by atoms with Crippen LogP contribution in [-0.4, -0.2) is 0 Å². The van der Waals surface area contributed by atoms with Crippen LogP contribution in [0.5, 0.6) is 0 Å². The fourth-order valence-electron chi connectivity index (χ4n) is 1.28. The summed E-state index contributed by atoms with van der Waals surface area (Å²) in [5.74, 6) is 0. The topological polar surface area (TPSA) is 77.2 Å². The van der Waals surface area contributed by atoms with Gasteiger partial charge in [-0.05, 0) is 24.3 Å². The molecule has 1 aromatic heterocycles. The molecule has 0 saturated heterocycles. The Balaban J connectivity index is 2.02. The fourth-order valence-corrected chi connectivity index (χ4v) is 1.28. The highest BCUT2D eigenvalue weighted by Crippen LogP contribution is 2.20. The molecule has 0 saturated carbocycles. The first kappa shape index (κ1) is 9.45. The number of benzene rings is 1. The third-order valence-corrected chi connectivity index (χ3v) is 2.16. The minimum atomic E-state index is 0.590. The molecule has 78 valence electrons. The van der Waals surface area contributed by atoms with Gasteiger partial charge in [0, 0.05) is 17.8 Å². The fraction of sp³-hybridized carbons (Fsp3) is 0.0909. The van der Waals surface area contributed by atoms with Gasteiger partial charge in [-0.2, -0.15) is 0 Å². The molecule has 5 N–H and O–H groups in total. The molecule has 0 amide bonds. The zero-order valence-electron chi connectivity index (χ0n) is 8.23. The number of hydrogen-bond donors (Lipinski definition) is 3. The number of hydrogen-bond acceptors (Lipinski definition) is 4. The molecule has 4 nitrogen and oxygen atoms in total. The number of furan rings is 1. The molecule has 0 atom stereocenters.